The lowest BCUT2D eigenvalue weighted by Gasteiger charge is -2.14. The number of nitrogens with one attached hydrogen (secondary N) is 1. The molecule has 0 unspecified atom stereocenters. The highest BCUT2D eigenvalue weighted by Gasteiger charge is 2.31. The summed E-state index contributed by atoms with van der Waals surface area (Å²) in [5, 5.41) is 0. The smallest absolute Gasteiger partial charge is 0.414 e. The third kappa shape index (κ3) is 3.81. The van der Waals surface area contributed by atoms with E-state index < -0.39 is 11.9 Å². The molecule has 25 heavy (non-hydrogen) atoms. The Labute approximate surface area is 145 Å². The first-order valence-electron chi connectivity index (χ1n) is 8.12. The lowest BCUT2D eigenvalue weighted by molar-refractivity contribution is 0.0463. The molecule has 8 heteroatoms. The second kappa shape index (κ2) is 7.64. The highest BCUT2D eigenvalue weighted by molar-refractivity contribution is 5.89. The van der Waals surface area contributed by atoms with Crippen LogP contribution >= 0.6 is 0 Å². The molecule has 1 saturated heterocycles. The van der Waals surface area contributed by atoms with Crippen LogP contribution in [0, 0.1) is 5.82 Å². The third-order valence-corrected chi connectivity index (χ3v) is 3.93. The molecule has 7 nitrogen and oxygen atoms in total. The van der Waals surface area contributed by atoms with Gasteiger partial charge in [0.05, 0.1) is 24.5 Å². The first-order chi connectivity index (χ1) is 12.1. The number of rotatable bonds is 7. The maximum Gasteiger partial charge on any atom is 0.414 e. The van der Waals surface area contributed by atoms with E-state index in [-0.39, 0.29) is 12.6 Å². The van der Waals surface area contributed by atoms with Crippen molar-refractivity contribution in [2.45, 2.75) is 19.6 Å². The molecule has 0 bridgehead atoms. The summed E-state index contributed by atoms with van der Waals surface area (Å²) in [7, 11) is 0. The van der Waals surface area contributed by atoms with Crippen molar-refractivity contribution in [3.63, 3.8) is 0 Å². The Bertz CT molecular complexity index is 749. The van der Waals surface area contributed by atoms with Crippen LogP contribution in [0.5, 0.6) is 0 Å². The fourth-order valence-corrected chi connectivity index (χ4v) is 2.66. The number of hydrogen-bond acceptors (Lipinski definition) is 5. The number of carbonyl (C=O) groups is 1. The third-order valence-electron chi connectivity index (χ3n) is 3.93. The monoisotopic (exact) mass is 348 g/mol. The van der Waals surface area contributed by atoms with Crippen molar-refractivity contribution < 1.29 is 18.8 Å². The summed E-state index contributed by atoms with van der Waals surface area (Å²) in [4.78, 5) is 18.3. The van der Waals surface area contributed by atoms with Crippen LogP contribution in [0.3, 0.4) is 0 Å². The largest absolute Gasteiger partial charge is 0.443 e. The molecule has 3 rings (SSSR count). The van der Waals surface area contributed by atoms with Crippen molar-refractivity contribution in [2.24, 2.45) is 5.73 Å². The predicted octanol–water partition coefficient (Wildman–Crippen LogP) is 1.94. The van der Waals surface area contributed by atoms with Crippen LogP contribution in [0.25, 0.3) is 5.69 Å². The summed E-state index contributed by atoms with van der Waals surface area (Å²) in [5.74, 6) is -0.429. The number of cyclic esters (lactones) is 1. The Kier molecular flexibility index (Phi) is 5.32. The lowest BCUT2D eigenvalue weighted by Crippen LogP contribution is -2.27. The maximum absolute atomic E-state index is 14.5. The zero-order valence-electron chi connectivity index (χ0n) is 13.9. The second-order valence-corrected chi connectivity index (χ2v) is 5.67. The number of amides is 1. The molecule has 0 saturated carbocycles. The highest BCUT2D eigenvalue weighted by Crippen LogP contribution is 2.25. The maximum atomic E-state index is 14.5. The molecular formula is C17H21FN4O3. The number of ether oxygens (including phenoxy) is 1. The molecule has 0 radical (unpaired) electrons. The molecule has 2 aromatic rings. The Morgan fingerprint density at radius 3 is 2.96 bits per heavy atom. The standard InChI is InChI=1S/C17H21FN4O3/c1-2-24-20-9-12-5-6-21(10-12)16-4-3-13(7-15(16)18)22-11-14(8-19)25-17(22)23/h3-7,10,14,20H,2,8-9,11,19H2,1H3/t14-/m0/s1. The van der Waals surface area contributed by atoms with Crippen LogP contribution in [0.1, 0.15) is 12.5 Å². The first-order valence-corrected chi connectivity index (χ1v) is 8.12. The topological polar surface area (TPSA) is 81.8 Å². The predicted molar refractivity (Wildman–Crippen MR) is 90.9 cm³/mol. The number of hydroxylamine groups is 1. The van der Waals surface area contributed by atoms with Crippen molar-refractivity contribution in [3.8, 4) is 5.69 Å². The van der Waals surface area contributed by atoms with E-state index in [9.17, 15) is 9.18 Å². The minimum Gasteiger partial charge on any atom is -0.443 e. The van der Waals surface area contributed by atoms with Crippen LogP contribution in [-0.4, -0.2) is 36.5 Å². The molecular weight excluding hydrogens is 327 g/mol. The molecule has 1 aromatic heterocycles. The van der Waals surface area contributed by atoms with Gasteiger partial charge in [0.1, 0.15) is 11.9 Å². The minimum atomic E-state index is -0.507. The molecule has 1 atom stereocenters. The molecule has 1 amide bonds. The van der Waals surface area contributed by atoms with Crippen LogP contribution in [0.15, 0.2) is 36.7 Å². The molecule has 1 aromatic carbocycles. The van der Waals surface area contributed by atoms with E-state index in [4.69, 9.17) is 15.3 Å². The molecule has 3 N–H and O–H groups in total. The van der Waals surface area contributed by atoms with E-state index in [1.165, 1.54) is 11.0 Å². The Morgan fingerprint density at radius 2 is 2.28 bits per heavy atom. The second-order valence-electron chi connectivity index (χ2n) is 5.67. The summed E-state index contributed by atoms with van der Waals surface area (Å²) >= 11 is 0. The summed E-state index contributed by atoms with van der Waals surface area (Å²) < 4.78 is 21.3. The fourth-order valence-electron chi connectivity index (χ4n) is 2.66. The van der Waals surface area contributed by atoms with Gasteiger partial charge in [0.25, 0.3) is 0 Å². The van der Waals surface area contributed by atoms with Gasteiger partial charge in [-0.25, -0.2) is 9.18 Å². The zero-order valence-corrected chi connectivity index (χ0v) is 13.9. The number of nitrogens with two attached hydrogens (primary N) is 1. The molecule has 1 aliphatic rings. The fraction of sp³-hybridized carbons (Fsp3) is 0.353. The summed E-state index contributed by atoms with van der Waals surface area (Å²) in [6.45, 7) is 3.55. The van der Waals surface area contributed by atoms with Gasteiger partial charge in [0, 0.05) is 25.5 Å². The average molecular weight is 348 g/mol. The molecule has 1 aliphatic heterocycles. The SMILES string of the molecule is CCONCc1ccn(-c2ccc(N3C[C@H](CN)OC3=O)cc2F)c1. The van der Waals surface area contributed by atoms with Gasteiger partial charge in [-0.2, -0.15) is 5.48 Å². The van der Waals surface area contributed by atoms with Crippen molar-refractivity contribution >= 4 is 11.8 Å². The average Bonchev–Trinajstić information content (AvgIpc) is 3.21. The number of anilines is 1. The van der Waals surface area contributed by atoms with E-state index in [0.717, 1.165) is 5.56 Å². The van der Waals surface area contributed by atoms with Crippen molar-refractivity contribution in [1.82, 2.24) is 10.0 Å². The number of carbonyl (C=O) groups excluding carboxylic acids is 1. The normalized spacial score (nSPS) is 17.2. The number of hydrogen-bond donors (Lipinski definition) is 2. The number of benzene rings is 1. The van der Waals surface area contributed by atoms with Crippen molar-refractivity contribution in [3.05, 3.63) is 48.0 Å². The van der Waals surface area contributed by atoms with Crippen molar-refractivity contribution in [2.75, 3.05) is 24.6 Å². The van der Waals surface area contributed by atoms with Gasteiger partial charge >= 0.3 is 6.09 Å². The van der Waals surface area contributed by atoms with Gasteiger partial charge in [-0.05, 0) is 36.8 Å². The Hall–Kier alpha value is -2.42. The first kappa shape index (κ1) is 17.4. The Morgan fingerprint density at radius 1 is 1.44 bits per heavy atom. The van der Waals surface area contributed by atoms with Crippen LogP contribution < -0.4 is 16.1 Å². The summed E-state index contributed by atoms with van der Waals surface area (Å²) in [6.07, 6.45) is 2.72. The van der Waals surface area contributed by atoms with E-state index in [1.807, 2.05) is 19.2 Å². The summed E-state index contributed by atoms with van der Waals surface area (Å²) in [5.41, 5.74) is 10.1. The van der Waals surface area contributed by atoms with Gasteiger partial charge < -0.3 is 19.9 Å². The molecule has 2 heterocycles. The number of halogens is 1. The quantitative estimate of drug-likeness (QED) is 0.590. The number of aromatic nitrogens is 1. The molecule has 0 aliphatic carbocycles. The lowest BCUT2D eigenvalue weighted by atomic mass is 10.2. The van der Waals surface area contributed by atoms with E-state index >= 15 is 0 Å². The van der Waals surface area contributed by atoms with Gasteiger partial charge in [0.15, 0.2) is 0 Å². The van der Waals surface area contributed by atoms with Crippen molar-refractivity contribution in [1.29, 1.82) is 0 Å². The van der Waals surface area contributed by atoms with E-state index in [1.54, 1.807) is 22.9 Å². The van der Waals surface area contributed by atoms with Gasteiger partial charge in [-0.15, -0.1) is 0 Å². The minimum absolute atomic E-state index is 0.241. The van der Waals surface area contributed by atoms with Gasteiger partial charge in [-0.3, -0.25) is 4.90 Å². The van der Waals surface area contributed by atoms with E-state index in [0.29, 0.717) is 31.1 Å². The van der Waals surface area contributed by atoms with Crippen LogP contribution in [-0.2, 0) is 16.1 Å². The van der Waals surface area contributed by atoms with Crippen LogP contribution in [0.4, 0.5) is 14.9 Å². The highest BCUT2D eigenvalue weighted by atomic mass is 19.1. The molecule has 0 spiro atoms. The van der Waals surface area contributed by atoms with E-state index in [2.05, 4.69) is 5.48 Å². The zero-order chi connectivity index (χ0) is 17.8. The van der Waals surface area contributed by atoms with Gasteiger partial charge in [-0.1, -0.05) is 0 Å². The van der Waals surface area contributed by atoms with Gasteiger partial charge in [0.2, 0.25) is 0 Å². The molecule has 1 fully saturated rings. The summed E-state index contributed by atoms with van der Waals surface area (Å²) in [6, 6.07) is 6.53. The molecule has 134 valence electrons. The Balaban J connectivity index is 1.75. The number of nitrogens with zero attached hydrogens (tertiary/aromatic N) is 2. The van der Waals surface area contributed by atoms with Crippen LogP contribution in [0.2, 0.25) is 0 Å².